The van der Waals surface area contributed by atoms with Crippen LogP contribution in [0.5, 0.6) is 0 Å². The van der Waals surface area contributed by atoms with Gasteiger partial charge in [0.1, 0.15) is 11.2 Å². The van der Waals surface area contributed by atoms with Gasteiger partial charge in [-0.25, -0.2) is 4.39 Å². The fraction of sp³-hybridized carbons (Fsp3) is 0.556. The van der Waals surface area contributed by atoms with Gasteiger partial charge < -0.3 is 14.7 Å². The Bertz CT molecular complexity index is 628. The normalized spacial score (nSPS) is 29.3. The highest BCUT2D eigenvalue weighted by Crippen LogP contribution is 2.49. The first-order valence-electron chi connectivity index (χ1n) is 8.23. The summed E-state index contributed by atoms with van der Waals surface area (Å²) >= 11 is 0. The van der Waals surface area contributed by atoms with Crippen molar-refractivity contribution < 1.29 is 23.8 Å². The van der Waals surface area contributed by atoms with Gasteiger partial charge in [-0.3, -0.25) is 9.59 Å². The van der Waals surface area contributed by atoms with Crippen LogP contribution < -0.4 is 0 Å². The zero-order valence-electron chi connectivity index (χ0n) is 13.7. The SMILES string of the molecule is COCC1(C(=O)O)CCCN(C(=O)C2CC2c2ccc(F)cc2)C1. The summed E-state index contributed by atoms with van der Waals surface area (Å²) in [6.07, 6.45) is 1.92. The summed E-state index contributed by atoms with van der Waals surface area (Å²) in [6.45, 7) is 0.893. The summed E-state index contributed by atoms with van der Waals surface area (Å²) in [5.41, 5.74) is -0.0451. The van der Waals surface area contributed by atoms with E-state index >= 15 is 0 Å². The summed E-state index contributed by atoms with van der Waals surface area (Å²) < 4.78 is 18.1. The molecule has 0 aromatic heterocycles. The molecule has 1 amide bonds. The lowest BCUT2D eigenvalue weighted by Crippen LogP contribution is -2.52. The first-order chi connectivity index (χ1) is 11.5. The van der Waals surface area contributed by atoms with Crippen molar-refractivity contribution >= 4 is 11.9 Å². The third-order valence-electron chi connectivity index (χ3n) is 5.17. The predicted octanol–water partition coefficient (Wildman–Crippen LogP) is 2.27. The standard InChI is InChI=1S/C18H22FNO4/c1-24-11-18(17(22)23)7-2-8-20(10-18)16(21)15-9-14(15)12-3-5-13(19)6-4-12/h3-6,14-15H,2,7-11H2,1H3,(H,22,23). The molecule has 1 N–H and O–H groups in total. The molecule has 1 saturated carbocycles. The second-order valence-corrected chi connectivity index (χ2v) is 6.88. The van der Waals surface area contributed by atoms with E-state index in [1.54, 1.807) is 17.0 Å². The Morgan fingerprint density at radius 1 is 1.38 bits per heavy atom. The molecule has 1 aromatic rings. The highest BCUT2D eigenvalue weighted by atomic mass is 19.1. The molecule has 0 radical (unpaired) electrons. The first kappa shape index (κ1) is 16.9. The third-order valence-corrected chi connectivity index (χ3v) is 5.17. The molecule has 0 bridgehead atoms. The Morgan fingerprint density at radius 2 is 2.08 bits per heavy atom. The third kappa shape index (κ3) is 3.15. The summed E-state index contributed by atoms with van der Waals surface area (Å²) in [5, 5.41) is 9.58. The Hall–Kier alpha value is -1.95. The number of amides is 1. The molecule has 1 aliphatic carbocycles. The first-order valence-corrected chi connectivity index (χ1v) is 8.23. The van der Waals surface area contributed by atoms with Crippen LogP contribution in [0, 0.1) is 17.2 Å². The van der Waals surface area contributed by atoms with E-state index in [1.807, 2.05) is 0 Å². The van der Waals surface area contributed by atoms with Crippen molar-refractivity contribution in [2.75, 3.05) is 26.8 Å². The van der Waals surface area contributed by atoms with Crippen LogP contribution in [0.2, 0.25) is 0 Å². The molecular weight excluding hydrogens is 313 g/mol. The number of carboxylic acids is 1. The molecule has 3 unspecified atom stereocenters. The predicted molar refractivity (Wildman–Crippen MR) is 85.0 cm³/mol. The van der Waals surface area contributed by atoms with Crippen LogP contribution in [0.3, 0.4) is 0 Å². The molecule has 2 fully saturated rings. The number of carboxylic acid groups (broad SMARTS) is 1. The van der Waals surface area contributed by atoms with Gasteiger partial charge in [-0.2, -0.15) is 0 Å². The van der Waals surface area contributed by atoms with E-state index in [0.29, 0.717) is 19.4 Å². The number of ether oxygens (including phenoxy) is 1. The molecule has 6 heteroatoms. The minimum absolute atomic E-state index is 0.00533. The van der Waals surface area contributed by atoms with E-state index in [0.717, 1.165) is 12.0 Å². The largest absolute Gasteiger partial charge is 0.481 e. The number of methoxy groups -OCH3 is 1. The van der Waals surface area contributed by atoms with Crippen molar-refractivity contribution in [3.63, 3.8) is 0 Å². The van der Waals surface area contributed by atoms with Gasteiger partial charge in [0, 0.05) is 26.1 Å². The molecule has 3 atom stereocenters. The zero-order valence-corrected chi connectivity index (χ0v) is 13.7. The van der Waals surface area contributed by atoms with Crippen LogP contribution >= 0.6 is 0 Å². The molecule has 2 aliphatic rings. The molecule has 3 rings (SSSR count). The summed E-state index contributed by atoms with van der Waals surface area (Å²) in [6, 6.07) is 6.25. The van der Waals surface area contributed by atoms with Crippen molar-refractivity contribution in [2.45, 2.75) is 25.2 Å². The second kappa shape index (κ2) is 6.51. The molecule has 24 heavy (non-hydrogen) atoms. The average Bonchev–Trinajstić information content (AvgIpc) is 3.36. The van der Waals surface area contributed by atoms with E-state index in [1.165, 1.54) is 19.2 Å². The fourth-order valence-corrected chi connectivity index (χ4v) is 3.73. The monoisotopic (exact) mass is 335 g/mol. The van der Waals surface area contributed by atoms with Crippen molar-refractivity contribution in [1.82, 2.24) is 4.90 Å². The van der Waals surface area contributed by atoms with Crippen LogP contribution in [-0.4, -0.2) is 48.7 Å². The molecule has 1 aliphatic heterocycles. The number of aliphatic carboxylic acids is 1. The average molecular weight is 335 g/mol. The van der Waals surface area contributed by atoms with Crippen LogP contribution in [-0.2, 0) is 14.3 Å². The van der Waals surface area contributed by atoms with Gasteiger partial charge >= 0.3 is 5.97 Å². The minimum Gasteiger partial charge on any atom is -0.481 e. The van der Waals surface area contributed by atoms with Gasteiger partial charge in [0.05, 0.1) is 6.61 Å². The smallest absolute Gasteiger partial charge is 0.313 e. The van der Waals surface area contributed by atoms with Crippen LogP contribution in [0.1, 0.15) is 30.7 Å². The zero-order chi connectivity index (χ0) is 17.3. The number of benzene rings is 1. The molecule has 130 valence electrons. The van der Waals surface area contributed by atoms with Crippen molar-refractivity contribution in [1.29, 1.82) is 0 Å². The fourth-order valence-electron chi connectivity index (χ4n) is 3.73. The molecule has 1 aromatic carbocycles. The molecular formula is C18H22FNO4. The Balaban J connectivity index is 1.67. The quantitative estimate of drug-likeness (QED) is 0.896. The maximum absolute atomic E-state index is 13.0. The lowest BCUT2D eigenvalue weighted by Gasteiger charge is -2.39. The Morgan fingerprint density at radius 3 is 2.71 bits per heavy atom. The number of hydrogen-bond donors (Lipinski definition) is 1. The molecule has 1 heterocycles. The highest BCUT2D eigenvalue weighted by Gasteiger charge is 2.49. The number of piperidine rings is 1. The number of likely N-dealkylation sites (tertiary alicyclic amines) is 1. The number of carbonyl (C=O) groups is 2. The summed E-state index contributed by atoms with van der Waals surface area (Å²) in [5.74, 6) is -1.20. The van der Waals surface area contributed by atoms with Gasteiger partial charge in [0.2, 0.25) is 5.91 Å². The Kier molecular flexibility index (Phi) is 4.58. The number of nitrogens with zero attached hydrogens (tertiary/aromatic N) is 1. The van der Waals surface area contributed by atoms with E-state index < -0.39 is 11.4 Å². The maximum atomic E-state index is 13.0. The lowest BCUT2D eigenvalue weighted by molar-refractivity contribution is -0.159. The second-order valence-electron chi connectivity index (χ2n) is 6.88. The van der Waals surface area contributed by atoms with Gasteiger partial charge in [0.25, 0.3) is 0 Å². The van der Waals surface area contributed by atoms with E-state index in [2.05, 4.69) is 0 Å². The van der Waals surface area contributed by atoms with Crippen molar-refractivity contribution in [3.05, 3.63) is 35.6 Å². The lowest BCUT2D eigenvalue weighted by atomic mass is 9.80. The van der Waals surface area contributed by atoms with Crippen LogP contribution in [0.25, 0.3) is 0 Å². The number of hydrogen-bond acceptors (Lipinski definition) is 3. The van der Waals surface area contributed by atoms with Crippen LogP contribution in [0.15, 0.2) is 24.3 Å². The topological polar surface area (TPSA) is 66.8 Å². The summed E-state index contributed by atoms with van der Waals surface area (Å²) in [4.78, 5) is 26.1. The highest BCUT2D eigenvalue weighted by molar-refractivity contribution is 5.84. The molecule has 0 spiro atoms. The minimum atomic E-state index is -1.01. The molecule has 5 nitrogen and oxygen atoms in total. The van der Waals surface area contributed by atoms with E-state index in [-0.39, 0.29) is 36.7 Å². The van der Waals surface area contributed by atoms with Crippen LogP contribution in [0.4, 0.5) is 4.39 Å². The summed E-state index contributed by atoms with van der Waals surface area (Å²) in [7, 11) is 1.48. The Labute approximate surface area is 140 Å². The number of carbonyl (C=O) groups excluding carboxylic acids is 1. The van der Waals surface area contributed by atoms with Crippen molar-refractivity contribution in [3.8, 4) is 0 Å². The van der Waals surface area contributed by atoms with Crippen molar-refractivity contribution in [2.24, 2.45) is 11.3 Å². The van der Waals surface area contributed by atoms with Gasteiger partial charge in [-0.05, 0) is 42.9 Å². The maximum Gasteiger partial charge on any atom is 0.313 e. The molecule has 1 saturated heterocycles. The van der Waals surface area contributed by atoms with E-state index in [4.69, 9.17) is 4.74 Å². The van der Waals surface area contributed by atoms with Gasteiger partial charge in [-0.15, -0.1) is 0 Å². The number of halogens is 1. The van der Waals surface area contributed by atoms with Gasteiger partial charge in [-0.1, -0.05) is 12.1 Å². The number of rotatable bonds is 5. The van der Waals surface area contributed by atoms with Gasteiger partial charge in [0.15, 0.2) is 0 Å². The van der Waals surface area contributed by atoms with E-state index in [9.17, 15) is 19.1 Å².